The zero-order chi connectivity index (χ0) is 16.4. The van der Waals surface area contributed by atoms with E-state index in [1.165, 1.54) is 7.05 Å². The second-order valence-corrected chi connectivity index (χ2v) is 5.37. The minimum atomic E-state index is -1.67. The van der Waals surface area contributed by atoms with E-state index in [0.29, 0.717) is 11.3 Å². The lowest BCUT2D eigenvalue weighted by Gasteiger charge is -2.34. The maximum absolute atomic E-state index is 12.7. The van der Waals surface area contributed by atoms with Crippen molar-refractivity contribution < 1.29 is 9.59 Å². The van der Waals surface area contributed by atoms with Gasteiger partial charge < -0.3 is 10.6 Å². The molecule has 2 aliphatic rings. The van der Waals surface area contributed by atoms with Crippen LogP contribution in [0.3, 0.4) is 0 Å². The monoisotopic (exact) mass is 313 g/mol. The predicted molar refractivity (Wildman–Crippen MR) is 80.3 cm³/mol. The van der Waals surface area contributed by atoms with Gasteiger partial charge in [-0.3, -0.25) is 24.5 Å². The van der Waals surface area contributed by atoms with Crippen molar-refractivity contribution in [1.82, 2.24) is 14.9 Å². The number of para-hydroxylation sites is 1. The lowest BCUT2D eigenvalue weighted by atomic mass is 9.83. The van der Waals surface area contributed by atoms with Crippen LogP contribution in [-0.4, -0.2) is 21.5 Å². The topological polar surface area (TPSA) is 125 Å². The van der Waals surface area contributed by atoms with Crippen LogP contribution in [-0.2, 0) is 17.4 Å². The standard InChI is InChI=1S/C14H11N5O4/c1-19-9-8(10(20)17-13(19)23)14(18-12(22)16-9)6-4-2-3-5-7(6)15-11(14)21/h2-5H,1H3,(H,15,21)(H2,16,18,22)(H,17,20,23). The minimum Gasteiger partial charge on any atom is -0.323 e. The molecule has 1 spiro atoms. The summed E-state index contributed by atoms with van der Waals surface area (Å²) in [5, 5.41) is 7.63. The molecule has 4 rings (SSSR count). The lowest BCUT2D eigenvalue weighted by molar-refractivity contribution is -0.120. The number of aromatic amines is 1. The van der Waals surface area contributed by atoms with Gasteiger partial charge in [-0.15, -0.1) is 0 Å². The van der Waals surface area contributed by atoms with Crippen molar-refractivity contribution in [3.8, 4) is 0 Å². The van der Waals surface area contributed by atoms with Gasteiger partial charge in [-0.05, 0) is 6.07 Å². The molecule has 2 aliphatic heterocycles. The number of aromatic nitrogens is 2. The quantitative estimate of drug-likeness (QED) is 0.518. The Hall–Kier alpha value is -3.36. The fourth-order valence-electron chi connectivity index (χ4n) is 3.12. The number of urea groups is 1. The molecule has 23 heavy (non-hydrogen) atoms. The molecule has 3 amide bonds. The highest BCUT2D eigenvalue weighted by molar-refractivity contribution is 6.13. The number of H-pyrrole nitrogens is 1. The second-order valence-electron chi connectivity index (χ2n) is 5.37. The fourth-order valence-corrected chi connectivity index (χ4v) is 3.12. The molecule has 1 aromatic heterocycles. The number of hydrogen-bond acceptors (Lipinski definition) is 4. The third-order valence-electron chi connectivity index (χ3n) is 4.15. The molecule has 0 saturated carbocycles. The highest BCUT2D eigenvalue weighted by atomic mass is 16.2. The molecule has 0 bridgehead atoms. The molecule has 1 aromatic carbocycles. The number of anilines is 2. The third-order valence-corrected chi connectivity index (χ3v) is 4.15. The fraction of sp³-hybridized carbons (Fsp3) is 0.143. The predicted octanol–water partition coefficient (Wildman–Crippen LogP) is -0.596. The summed E-state index contributed by atoms with van der Waals surface area (Å²) in [5.41, 5.74) is -2.17. The van der Waals surface area contributed by atoms with Gasteiger partial charge >= 0.3 is 11.7 Å². The Morgan fingerprint density at radius 2 is 1.78 bits per heavy atom. The zero-order valence-electron chi connectivity index (χ0n) is 11.9. The molecule has 2 aromatic rings. The SMILES string of the molecule is Cn1c2c(c(=O)[nH]c1=O)C1(NC(=O)N2)C(=O)Nc2ccccc21. The van der Waals surface area contributed by atoms with Gasteiger partial charge in [0.05, 0.1) is 5.56 Å². The van der Waals surface area contributed by atoms with Crippen LogP contribution in [0.4, 0.5) is 16.3 Å². The highest BCUT2D eigenvalue weighted by Gasteiger charge is 2.55. The van der Waals surface area contributed by atoms with Gasteiger partial charge in [0, 0.05) is 18.3 Å². The highest BCUT2D eigenvalue weighted by Crippen LogP contribution is 2.43. The number of carbonyl (C=O) groups is 2. The van der Waals surface area contributed by atoms with Crippen LogP contribution in [0.5, 0.6) is 0 Å². The number of fused-ring (bicyclic) bond motifs is 4. The van der Waals surface area contributed by atoms with Crippen molar-refractivity contribution in [2.24, 2.45) is 7.05 Å². The number of benzene rings is 1. The lowest BCUT2D eigenvalue weighted by Crippen LogP contribution is -2.60. The van der Waals surface area contributed by atoms with Gasteiger partial charge in [0.25, 0.3) is 11.5 Å². The molecule has 4 N–H and O–H groups in total. The first-order valence-electron chi connectivity index (χ1n) is 6.79. The van der Waals surface area contributed by atoms with E-state index in [9.17, 15) is 19.2 Å². The Morgan fingerprint density at radius 1 is 1.04 bits per heavy atom. The van der Waals surface area contributed by atoms with E-state index in [4.69, 9.17) is 0 Å². The zero-order valence-corrected chi connectivity index (χ0v) is 11.9. The van der Waals surface area contributed by atoms with Crippen LogP contribution < -0.4 is 27.2 Å². The summed E-state index contributed by atoms with van der Waals surface area (Å²) < 4.78 is 1.09. The van der Waals surface area contributed by atoms with Crippen molar-refractivity contribution in [1.29, 1.82) is 0 Å². The molecule has 1 atom stereocenters. The van der Waals surface area contributed by atoms with Crippen molar-refractivity contribution in [3.05, 3.63) is 56.2 Å². The van der Waals surface area contributed by atoms with Crippen LogP contribution in [0.2, 0.25) is 0 Å². The normalized spacial score (nSPS) is 21.3. The number of rotatable bonds is 0. The smallest absolute Gasteiger partial charge is 0.323 e. The summed E-state index contributed by atoms with van der Waals surface area (Å²) >= 11 is 0. The number of hydrogen-bond donors (Lipinski definition) is 4. The van der Waals surface area contributed by atoms with E-state index < -0.39 is 28.7 Å². The van der Waals surface area contributed by atoms with Gasteiger partial charge in [-0.2, -0.15) is 0 Å². The van der Waals surface area contributed by atoms with E-state index >= 15 is 0 Å². The van der Waals surface area contributed by atoms with Crippen LogP contribution in [0.25, 0.3) is 0 Å². The molecule has 9 heteroatoms. The summed E-state index contributed by atoms with van der Waals surface area (Å²) in [6, 6.07) is 6.07. The average Bonchev–Trinajstić information content (AvgIpc) is 2.77. The van der Waals surface area contributed by atoms with E-state index in [2.05, 4.69) is 20.9 Å². The van der Waals surface area contributed by atoms with Gasteiger partial charge in [0.2, 0.25) is 0 Å². The summed E-state index contributed by atoms with van der Waals surface area (Å²) in [6.45, 7) is 0. The molecule has 0 saturated heterocycles. The number of carbonyl (C=O) groups excluding carboxylic acids is 2. The molecular formula is C14H11N5O4. The second kappa shape index (κ2) is 4.09. The van der Waals surface area contributed by atoms with Crippen molar-refractivity contribution in [2.75, 3.05) is 10.6 Å². The van der Waals surface area contributed by atoms with E-state index in [-0.39, 0.29) is 11.4 Å². The molecule has 1 unspecified atom stereocenters. The Kier molecular flexibility index (Phi) is 2.37. The van der Waals surface area contributed by atoms with Crippen LogP contribution in [0.1, 0.15) is 11.1 Å². The first kappa shape index (κ1) is 13.3. The van der Waals surface area contributed by atoms with Crippen molar-refractivity contribution in [2.45, 2.75) is 5.54 Å². The molecular weight excluding hydrogens is 302 g/mol. The largest absolute Gasteiger partial charge is 0.329 e. The maximum atomic E-state index is 12.7. The van der Waals surface area contributed by atoms with Crippen LogP contribution >= 0.6 is 0 Å². The van der Waals surface area contributed by atoms with E-state index in [0.717, 1.165) is 4.57 Å². The van der Waals surface area contributed by atoms with Crippen LogP contribution in [0, 0.1) is 0 Å². The Bertz CT molecular complexity index is 1000. The van der Waals surface area contributed by atoms with Gasteiger partial charge in [-0.1, -0.05) is 18.2 Å². The average molecular weight is 313 g/mol. The van der Waals surface area contributed by atoms with Crippen molar-refractivity contribution in [3.63, 3.8) is 0 Å². The van der Waals surface area contributed by atoms with E-state index in [1.54, 1.807) is 24.3 Å². The molecule has 3 heterocycles. The van der Waals surface area contributed by atoms with Crippen LogP contribution in [0.15, 0.2) is 33.9 Å². The molecule has 0 fully saturated rings. The van der Waals surface area contributed by atoms with Gasteiger partial charge in [0.1, 0.15) is 5.82 Å². The Balaban J connectivity index is 2.17. The summed E-state index contributed by atoms with van der Waals surface area (Å²) in [7, 11) is 1.40. The third kappa shape index (κ3) is 1.50. The van der Waals surface area contributed by atoms with Gasteiger partial charge in [-0.25, -0.2) is 9.59 Å². The molecule has 0 aliphatic carbocycles. The number of amides is 3. The summed E-state index contributed by atoms with van der Waals surface area (Å²) in [6.07, 6.45) is 0. The molecule has 9 nitrogen and oxygen atoms in total. The number of nitrogens with one attached hydrogen (secondary N) is 4. The van der Waals surface area contributed by atoms with Crippen molar-refractivity contribution >= 4 is 23.4 Å². The Labute approximate surface area is 128 Å². The van der Waals surface area contributed by atoms with E-state index in [1.807, 2.05) is 0 Å². The Morgan fingerprint density at radius 3 is 2.57 bits per heavy atom. The first-order chi connectivity index (χ1) is 10.9. The molecule has 0 radical (unpaired) electrons. The summed E-state index contributed by atoms with van der Waals surface area (Å²) in [5.74, 6) is -0.562. The molecule has 116 valence electrons. The maximum Gasteiger partial charge on any atom is 0.329 e. The number of nitrogens with zero attached hydrogens (tertiary/aromatic N) is 1. The van der Waals surface area contributed by atoms with Gasteiger partial charge in [0.15, 0.2) is 5.54 Å². The summed E-state index contributed by atoms with van der Waals surface area (Å²) in [4.78, 5) is 51.1. The minimum absolute atomic E-state index is 0.00523. The first-order valence-corrected chi connectivity index (χ1v) is 6.79.